The second-order valence-corrected chi connectivity index (χ2v) is 2.63. The molecule has 9 heavy (non-hydrogen) atoms. The lowest BCUT2D eigenvalue weighted by molar-refractivity contribution is 0.644. The van der Waals surface area contributed by atoms with Crippen LogP contribution in [0.1, 0.15) is 39.5 Å². The Balaban J connectivity index is 2.75. The predicted octanol–water partition coefficient (Wildman–Crippen LogP) is 2.12. The van der Waals surface area contributed by atoms with Crippen molar-refractivity contribution in [2.45, 2.75) is 45.6 Å². The van der Waals surface area contributed by atoms with Gasteiger partial charge in [0.2, 0.25) is 0 Å². The molecule has 1 nitrogen and oxygen atoms in total. The van der Waals surface area contributed by atoms with Crippen LogP contribution in [0.3, 0.4) is 0 Å². The van der Waals surface area contributed by atoms with E-state index in [9.17, 15) is 0 Å². The van der Waals surface area contributed by atoms with Crippen molar-refractivity contribution >= 4 is 0 Å². The Kier molecular flexibility index (Phi) is 6.06. The molecule has 0 heterocycles. The van der Waals surface area contributed by atoms with Gasteiger partial charge in [-0.1, -0.05) is 19.8 Å². The maximum atomic E-state index is 5.55. The van der Waals surface area contributed by atoms with Gasteiger partial charge in [-0.15, -0.1) is 0 Å². The Morgan fingerprint density at radius 2 is 2.11 bits per heavy atom. The van der Waals surface area contributed by atoms with Gasteiger partial charge < -0.3 is 5.73 Å². The zero-order valence-electron chi connectivity index (χ0n) is 6.56. The van der Waals surface area contributed by atoms with E-state index in [0.29, 0.717) is 6.04 Å². The summed E-state index contributed by atoms with van der Waals surface area (Å²) in [6, 6.07) is 0.373. The summed E-state index contributed by atoms with van der Waals surface area (Å²) in [4.78, 5) is 0. The van der Waals surface area contributed by atoms with Gasteiger partial charge in [0, 0.05) is 6.04 Å². The van der Waals surface area contributed by atoms with Crippen LogP contribution in [0.25, 0.3) is 0 Å². The maximum Gasteiger partial charge on any atom is 0.00105 e. The normalized spacial score (nSPS) is 13.7. The molecule has 0 bridgehead atoms. The van der Waals surface area contributed by atoms with Crippen molar-refractivity contribution in [2.24, 2.45) is 5.73 Å². The molecule has 55 valence electrons. The molecule has 0 aromatic rings. The standard InChI is InChI=1S/C8H18N/c1-3-4-5-6-7-8(2)9/h5,8H,3-4,6-7,9H2,1-2H3/t8-/m1/s1. The number of rotatable bonds is 5. The number of unbranched alkanes of at least 4 members (excludes halogenated alkanes) is 3. The summed E-state index contributed by atoms with van der Waals surface area (Å²) < 4.78 is 0. The van der Waals surface area contributed by atoms with Crippen molar-refractivity contribution in [3.05, 3.63) is 6.42 Å². The molecule has 0 aliphatic rings. The smallest absolute Gasteiger partial charge is 0.00105 e. The van der Waals surface area contributed by atoms with E-state index in [1.54, 1.807) is 0 Å². The second-order valence-electron chi connectivity index (χ2n) is 2.63. The summed E-state index contributed by atoms with van der Waals surface area (Å²) in [6.45, 7) is 4.25. The van der Waals surface area contributed by atoms with Crippen molar-refractivity contribution in [3.8, 4) is 0 Å². The van der Waals surface area contributed by atoms with Crippen LogP contribution in [-0.2, 0) is 0 Å². The molecule has 0 saturated carbocycles. The molecule has 0 unspecified atom stereocenters. The van der Waals surface area contributed by atoms with Gasteiger partial charge in [-0.05, 0) is 26.2 Å². The average Bonchev–Trinajstić information content (AvgIpc) is 1.80. The second kappa shape index (κ2) is 6.09. The summed E-state index contributed by atoms with van der Waals surface area (Å²) >= 11 is 0. The first-order valence-corrected chi connectivity index (χ1v) is 3.84. The van der Waals surface area contributed by atoms with Gasteiger partial charge in [0.15, 0.2) is 0 Å². The van der Waals surface area contributed by atoms with E-state index in [4.69, 9.17) is 5.73 Å². The highest BCUT2D eigenvalue weighted by Crippen LogP contribution is 2.01. The highest BCUT2D eigenvalue weighted by Gasteiger charge is 1.92. The third-order valence-corrected chi connectivity index (χ3v) is 1.32. The zero-order chi connectivity index (χ0) is 7.11. The monoisotopic (exact) mass is 128 g/mol. The number of hydrogen-bond donors (Lipinski definition) is 1. The molecule has 0 aromatic carbocycles. The molecule has 0 aromatic heterocycles. The Morgan fingerprint density at radius 1 is 1.44 bits per heavy atom. The molecule has 0 fully saturated rings. The fourth-order valence-electron chi connectivity index (χ4n) is 0.729. The summed E-state index contributed by atoms with van der Waals surface area (Å²) in [5, 5.41) is 0. The van der Waals surface area contributed by atoms with Crippen molar-refractivity contribution < 1.29 is 0 Å². The average molecular weight is 128 g/mol. The molecule has 1 atom stereocenters. The van der Waals surface area contributed by atoms with E-state index >= 15 is 0 Å². The Hall–Kier alpha value is -0.0400. The molecule has 0 aliphatic heterocycles. The van der Waals surface area contributed by atoms with Crippen LogP contribution in [0.2, 0.25) is 0 Å². The van der Waals surface area contributed by atoms with Crippen LogP contribution < -0.4 is 5.73 Å². The third kappa shape index (κ3) is 7.96. The van der Waals surface area contributed by atoms with Gasteiger partial charge >= 0.3 is 0 Å². The summed E-state index contributed by atoms with van der Waals surface area (Å²) in [5.41, 5.74) is 5.55. The molecule has 1 radical (unpaired) electrons. The fourth-order valence-corrected chi connectivity index (χ4v) is 0.729. The van der Waals surface area contributed by atoms with E-state index in [1.165, 1.54) is 19.3 Å². The van der Waals surface area contributed by atoms with E-state index in [0.717, 1.165) is 6.42 Å². The van der Waals surface area contributed by atoms with Gasteiger partial charge in [0.1, 0.15) is 0 Å². The molecule has 1 heteroatoms. The Morgan fingerprint density at radius 3 is 2.56 bits per heavy atom. The lowest BCUT2D eigenvalue weighted by Crippen LogP contribution is -2.13. The van der Waals surface area contributed by atoms with E-state index in [2.05, 4.69) is 20.3 Å². The van der Waals surface area contributed by atoms with Crippen LogP contribution in [0.5, 0.6) is 0 Å². The van der Waals surface area contributed by atoms with Gasteiger partial charge in [-0.3, -0.25) is 0 Å². The van der Waals surface area contributed by atoms with E-state index in [1.807, 2.05) is 0 Å². The molecule has 0 aliphatic carbocycles. The molecule has 0 saturated heterocycles. The first-order valence-electron chi connectivity index (χ1n) is 3.84. The van der Waals surface area contributed by atoms with Crippen molar-refractivity contribution in [3.63, 3.8) is 0 Å². The lowest BCUT2D eigenvalue weighted by atomic mass is 10.1. The van der Waals surface area contributed by atoms with Gasteiger partial charge in [-0.2, -0.15) is 0 Å². The molecule has 0 spiro atoms. The first kappa shape index (κ1) is 8.96. The highest BCUT2D eigenvalue weighted by atomic mass is 14.6. The number of hydrogen-bond acceptors (Lipinski definition) is 1. The summed E-state index contributed by atoms with van der Waals surface area (Å²) in [7, 11) is 0. The number of nitrogens with two attached hydrogens (primary N) is 1. The molecule has 0 rings (SSSR count). The van der Waals surface area contributed by atoms with Crippen LogP contribution in [-0.4, -0.2) is 6.04 Å². The molecule has 2 N–H and O–H groups in total. The molecule has 0 amide bonds. The molecular formula is C8H18N. The van der Waals surface area contributed by atoms with E-state index in [-0.39, 0.29) is 0 Å². The van der Waals surface area contributed by atoms with Crippen LogP contribution in [0, 0.1) is 6.42 Å². The van der Waals surface area contributed by atoms with Crippen LogP contribution >= 0.6 is 0 Å². The minimum absolute atomic E-state index is 0.373. The maximum absolute atomic E-state index is 5.55. The summed E-state index contributed by atoms with van der Waals surface area (Å²) in [5.74, 6) is 0. The van der Waals surface area contributed by atoms with Crippen molar-refractivity contribution in [1.29, 1.82) is 0 Å². The quantitative estimate of drug-likeness (QED) is 0.564. The van der Waals surface area contributed by atoms with Crippen molar-refractivity contribution in [1.82, 2.24) is 0 Å². The minimum atomic E-state index is 0.373. The first-order chi connectivity index (χ1) is 4.27. The van der Waals surface area contributed by atoms with Gasteiger partial charge in [0.05, 0.1) is 0 Å². The lowest BCUT2D eigenvalue weighted by Gasteiger charge is -2.01. The Bertz CT molecular complexity index is 50.5. The third-order valence-electron chi connectivity index (χ3n) is 1.32. The topological polar surface area (TPSA) is 26.0 Å². The predicted molar refractivity (Wildman–Crippen MR) is 42.1 cm³/mol. The Labute approximate surface area is 58.6 Å². The van der Waals surface area contributed by atoms with Gasteiger partial charge in [-0.25, -0.2) is 0 Å². The van der Waals surface area contributed by atoms with E-state index < -0.39 is 0 Å². The van der Waals surface area contributed by atoms with Crippen molar-refractivity contribution in [2.75, 3.05) is 0 Å². The fraction of sp³-hybridized carbons (Fsp3) is 0.875. The van der Waals surface area contributed by atoms with Gasteiger partial charge in [0.25, 0.3) is 0 Å². The highest BCUT2D eigenvalue weighted by molar-refractivity contribution is 4.66. The van der Waals surface area contributed by atoms with Crippen LogP contribution in [0.4, 0.5) is 0 Å². The van der Waals surface area contributed by atoms with Crippen LogP contribution in [0.15, 0.2) is 0 Å². The zero-order valence-corrected chi connectivity index (χ0v) is 6.56. The largest absolute Gasteiger partial charge is 0.328 e. The molecular weight excluding hydrogens is 110 g/mol. The SMILES string of the molecule is CCC[CH]CC[C@@H](C)N. The summed E-state index contributed by atoms with van der Waals surface area (Å²) in [6.07, 6.45) is 7.15. The minimum Gasteiger partial charge on any atom is -0.328 e.